The van der Waals surface area contributed by atoms with Crippen LogP contribution in [0.1, 0.15) is 40.0 Å². The van der Waals surface area contributed by atoms with E-state index in [0.717, 1.165) is 23.3 Å². The summed E-state index contributed by atoms with van der Waals surface area (Å²) in [7, 11) is 0. The Labute approximate surface area is 119 Å². The number of hydrogen-bond acceptors (Lipinski definition) is 3. The molecule has 4 heteroatoms. The topological polar surface area (TPSA) is 53.1 Å². The van der Waals surface area contributed by atoms with E-state index in [2.05, 4.69) is 22.5 Å². The molecule has 2 aromatic rings. The van der Waals surface area contributed by atoms with Gasteiger partial charge in [-0.3, -0.25) is 0 Å². The van der Waals surface area contributed by atoms with E-state index >= 15 is 0 Å². The standard InChI is InChI=1S/C16H23N3O/c1-4-16(8-9-16)10-19-12-6-5-7-13(20-11(2)3)14(12)18-15(19)17/h5-7,11H,4,8-10H2,1-3H3,(H2,17,18). The van der Waals surface area contributed by atoms with Crippen molar-refractivity contribution in [1.29, 1.82) is 0 Å². The Morgan fingerprint density at radius 2 is 2.15 bits per heavy atom. The zero-order valence-electron chi connectivity index (χ0n) is 12.5. The van der Waals surface area contributed by atoms with Crippen LogP contribution in [0.3, 0.4) is 0 Å². The molecule has 1 aliphatic carbocycles. The summed E-state index contributed by atoms with van der Waals surface area (Å²) in [5.74, 6) is 1.42. The number of ether oxygens (including phenoxy) is 1. The van der Waals surface area contributed by atoms with Crippen molar-refractivity contribution in [3.05, 3.63) is 18.2 Å². The first kappa shape index (κ1) is 13.3. The van der Waals surface area contributed by atoms with Gasteiger partial charge in [0.2, 0.25) is 5.95 Å². The normalized spacial score (nSPS) is 16.8. The van der Waals surface area contributed by atoms with Gasteiger partial charge in [0.25, 0.3) is 0 Å². The molecule has 1 heterocycles. The quantitative estimate of drug-likeness (QED) is 0.905. The summed E-state index contributed by atoms with van der Waals surface area (Å²) in [5, 5.41) is 0. The molecule has 108 valence electrons. The summed E-state index contributed by atoms with van der Waals surface area (Å²) in [6.07, 6.45) is 3.93. The lowest BCUT2D eigenvalue weighted by molar-refractivity contribution is 0.245. The van der Waals surface area contributed by atoms with Crippen molar-refractivity contribution in [2.45, 2.75) is 52.7 Å². The second-order valence-corrected chi connectivity index (χ2v) is 6.20. The van der Waals surface area contributed by atoms with Crippen LogP contribution < -0.4 is 10.5 Å². The third-order valence-corrected chi connectivity index (χ3v) is 4.33. The van der Waals surface area contributed by atoms with Crippen LogP contribution in [0.25, 0.3) is 11.0 Å². The average Bonchev–Trinajstić information content (AvgIpc) is 3.11. The highest BCUT2D eigenvalue weighted by molar-refractivity contribution is 5.84. The molecule has 1 saturated carbocycles. The minimum atomic E-state index is 0.136. The molecule has 0 spiro atoms. The van der Waals surface area contributed by atoms with Crippen LogP contribution in [0.2, 0.25) is 0 Å². The lowest BCUT2D eigenvalue weighted by Gasteiger charge is -2.15. The zero-order chi connectivity index (χ0) is 14.3. The van der Waals surface area contributed by atoms with E-state index in [0.29, 0.717) is 11.4 Å². The minimum Gasteiger partial charge on any atom is -0.489 e. The molecule has 1 aromatic carbocycles. The van der Waals surface area contributed by atoms with E-state index in [9.17, 15) is 0 Å². The fraction of sp³-hybridized carbons (Fsp3) is 0.562. The summed E-state index contributed by atoms with van der Waals surface area (Å²) in [4.78, 5) is 4.53. The van der Waals surface area contributed by atoms with E-state index in [4.69, 9.17) is 10.5 Å². The molecular formula is C16H23N3O. The van der Waals surface area contributed by atoms with Gasteiger partial charge in [0.1, 0.15) is 11.3 Å². The number of para-hydroxylation sites is 1. The molecule has 0 aliphatic heterocycles. The van der Waals surface area contributed by atoms with Gasteiger partial charge in [-0.25, -0.2) is 4.98 Å². The third-order valence-electron chi connectivity index (χ3n) is 4.33. The number of rotatable bonds is 5. The van der Waals surface area contributed by atoms with Crippen LogP contribution in [0, 0.1) is 5.41 Å². The number of aromatic nitrogens is 2. The van der Waals surface area contributed by atoms with Crippen LogP contribution in [-0.4, -0.2) is 15.7 Å². The number of imidazole rings is 1. The second-order valence-electron chi connectivity index (χ2n) is 6.20. The van der Waals surface area contributed by atoms with Gasteiger partial charge in [-0.2, -0.15) is 0 Å². The first-order valence-electron chi connectivity index (χ1n) is 7.46. The van der Waals surface area contributed by atoms with E-state index in [1.165, 1.54) is 19.3 Å². The molecule has 3 rings (SSSR count). The molecule has 0 bridgehead atoms. The SMILES string of the molecule is CCC1(Cn2c(N)nc3c(OC(C)C)cccc32)CC1. The third kappa shape index (κ3) is 2.23. The monoisotopic (exact) mass is 273 g/mol. The fourth-order valence-electron chi connectivity index (χ4n) is 2.79. The largest absolute Gasteiger partial charge is 0.489 e. The Morgan fingerprint density at radius 1 is 1.40 bits per heavy atom. The lowest BCUT2D eigenvalue weighted by atomic mass is 10.0. The van der Waals surface area contributed by atoms with Crippen molar-refractivity contribution in [2.75, 3.05) is 5.73 Å². The van der Waals surface area contributed by atoms with Crippen LogP contribution >= 0.6 is 0 Å². The van der Waals surface area contributed by atoms with Gasteiger partial charge >= 0.3 is 0 Å². The maximum atomic E-state index is 6.14. The maximum Gasteiger partial charge on any atom is 0.201 e. The predicted molar refractivity (Wildman–Crippen MR) is 81.9 cm³/mol. The van der Waals surface area contributed by atoms with E-state index < -0.39 is 0 Å². The molecule has 2 N–H and O–H groups in total. The van der Waals surface area contributed by atoms with Gasteiger partial charge in [0.05, 0.1) is 11.6 Å². The Kier molecular flexibility index (Phi) is 3.11. The van der Waals surface area contributed by atoms with E-state index in [1.807, 2.05) is 26.0 Å². The van der Waals surface area contributed by atoms with E-state index in [1.54, 1.807) is 0 Å². The number of benzene rings is 1. The van der Waals surface area contributed by atoms with Crippen LogP contribution in [0.5, 0.6) is 5.75 Å². The van der Waals surface area contributed by atoms with Gasteiger partial charge in [-0.15, -0.1) is 0 Å². The summed E-state index contributed by atoms with van der Waals surface area (Å²) in [6.45, 7) is 7.28. The summed E-state index contributed by atoms with van der Waals surface area (Å²) in [6, 6.07) is 6.06. The average molecular weight is 273 g/mol. The molecule has 0 radical (unpaired) electrons. The molecule has 0 atom stereocenters. The molecule has 4 nitrogen and oxygen atoms in total. The Balaban J connectivity index is 2.03. The van der Waals surface area contributed by atoms with Gasteiger partial charge in [-0.1, -0.05) is 13.0 Å². The van der Waals surface area contributed by atoms with Crippen molar-refractivity contribution in [3.63, 3.8) is 0 Å². The van der Waals surface area contributed by atoms with E-state index in [-0.39, 0.29) is 6.10 Å². The van der Waals surface area contributed by atoms with Crippen LogP contribution in [-0.2, 0) is 6.54 Å². The zero-order valence-corrected chi connectivity index (χ0v) is 12.5. The number of anilines is 1. The Bertz CT molecular complexity index is 626. The number of hydrogen-bond donors (Lipinski definition) is 1. The highest BCUT2D eigenvalue weighted by Gasteiger charge is 2.41. The molecule has 0 unspecified atom stereocenters. The molecule has 0 saturated heterocycles. The first-order chi connectivity index (χ1) is 9.54. The van der Waals surface area contributed by atoms with Gasteiger partial charge in [0, 0.05) is 6.54 Å². The number of fused-ring (bicyclic) bond motifs is 1. The molecule has 1 fully saturated rings. The smallest absolute Gasteiger partial charge is 0.201 e. The van der Waals surface area contributed by atoms with Gasteiger partial charge < -0.3 is 15.0 Å². The van der Waals surface area contributed by atoms with Crippen molar-refractivity contribution < 1.29 is 4.74 Å². The lowest BCUT2D eigenvalue weighted by Crippen LogP contribution is -2.13. The summed E-state index contributed by atoms with van der Waals surface area (Å²) in [5.41, 5.74) is 8.54. The molecule has 0 amide bonds. The Morgan fingerprint density at radius 3 is 2.75 bits per heavy atom. The van der Waals surface area contributed by atoms with Gasteiger partial charge in [-0.05, 0) is 50.7 Å². The number of nitrogens with zero attached hydrogens (tertiary/aromatic N) is 2. The minimum absolute atomic E-state index is 0.136. The summed E-state index contributed by atoms with van der Waals surface area (Å²) >= 11 is 0. The number of nitrogens with two attached hydrogens (primary N) is 1. The van der Waals surface area contributed by atoms with Crippen molar-refractivity contribution in [1.82, 2.24) is 9.55 Å². The van der Waals surface area contributed by atoms with Crippen LogP contribution in [0.4, 0.5) is 5.95 Å². The highest BCUT2D eigenvalue weighted by atomic mass is 16.5. The Hall–Kier alpha value is -1.71. The molecular weight excluding hydrogens is 250 g/mol. The highest BCUT2D eigenvalue weighted by Crippen LogP contribution is 2.50. The van der Waals surface area contributed by atoms with Crippen molar-refractivity contribution in [3.8, 4) is 5.75 Å². The molecule has 1 aromatic heterocycles. The molecule has 1 aliphatic rings. The van der Waals surface area contributed by atoms with Crippen LogP contribution in [0.15, 0.2) is 18.2 Å². The maximum absolute atomic E-state index is 6.14. The summed E-state index contributed by atoms with van der Waals surface area (Å²) < 4.78 is 7.99. The fourth-order valence-corrected chi connectivity index (χ4v) is 2.79. The first-order valence-corrected chi connectivity index (χ1v) is 7.46. The second kappa shape index (κ2) is 4.69. The molecule has 20 heavy (non-hydrogen) atoms. The van der Waals surface area contributed by atoms with Crippen molar-refractivity contribution in [2.24, 2.45) is 5.41 Å². The number of nitrogen functional groups attached to an aromatic ring is 1. The predicted octanol–water partition coefficient (Wildman–Crippen LogP) is 3.60. The van der Waals surface area contributed by atoms with Gasteiger partial charge in [0.15, 0.2) is 0 Å². The van der Waals surface area contributed by atoms with Crippen molar-refractivity contribution >= 4 is 17.0 Å².